The van der Waals surface area contributed by atoms with Crippen LogP contribution < -0.4 is 4.74 Å². The lowest BCUT2D eigenvalue weighted by Crippen LogP contribution is -2.48. The Morgan fingerprint density at radius 3 is 2.62 bits per heavy atom. The maximum atomic E-state index is 14.0. The van der Waals surface area contributed by atoms with Crippen molar-refractivity contribution in [3.05, 3.63) is 99.8 Å². The molecule has 1 saturated heterocycles. The van der Waals surface area contributed by atoms with Crippen LogP contribution in [0.5, 0.6) is 5.75 Å². The minimum Gasteiger partial charge on any atom is -0.493 e. The zero-order chi connectivity index (χ0) is 26.4. The van der Waals surface area contributed by atoms with Gasteiger partial charge in [-0.25, -0.2) is 4.39 Å². The molecule has 1 heterocycles. The summed E-state index contributed by atoms with van der Waals surface area (Å²) in [7, 11) is 1.86. The highest BCUT2D eigenvalue weighted by molar-refractivity contribution is 6.31. The first-order chi connectivity index (χ1) is 17.7. The number of aryl methyl sites for hydroxylation is 2. The second kappa shape index (κ2) is 12.1. The molecule has 1 fully saturated rings. The molecule has 3 aromatic rings. The van der Waals surface area contributed by atoms with E-state index >= 15 is 0 Å². The summed E-state index contributed by atoms with van der Waals surface area (Å²) in [5.74, 6) is 0.635. The minimum atomic E-state index is -0.352. The molecule has 0 N–H and O–H groups in total. The van der Waals surface area contributed by atoms with Crippen molar-refractivity contribution < 1.29 is 13.9 Å². The Morgan fingerprint density at radius 1 is 1.08 bits per heavy atom. The van der Waals surface area contributed by atoms with E-state index in [1.165, 1.54) is 6.07 Å². The molecular formula is C31H36ClFN2O2. The van der Waals surface area contributed by atoms with Gasteiger partial charge >= 0.3 is 0 Å². The number of carbonyl (C=O) groups is 1. The molecule has 0 unspecified atom stereocenters. The van der Waals surface area contributed by atoms with E-state index in [1.54, 1.807) is 11.0 Å². The van der Waals surface area contributed by atoms with Gasteiger partial charge in [-0.05, 0) is 85.8 Å². The summed E-state index contributed by atoms with van der Waals surface area (Å²) in [5.41, 5.74) is 3.77. The number of hydrogen-bond acceptors (Lipinski definition) is 3. The number of ether oxygens (including phenoxy) is 1. The number of likely N-dealkylation sites (tertiary alicyclic amines) is 1. The van der Waals surface area contributed by atoms with Crippen LogP contribution in [0.25, 0.3) is 0 Å². The number of hydrogen-bond donors (Lipinski definition) is 0. The highest BCUT2D eigenvalue weighted by Crippen LogP contribution is 2.36. The highest BCUT2D eigenvalue weighted by atomic mass is 35.5. The van der Waals surface area contributed by atoms with Crippen molar-refractivity contribution in [3.8, 4) is 5.75 Å². The molecule has 4 rings (SSSR count). The van der Waals surface area contributed by atoms with Crippen LogP contribution in [-0.4, -0.2) is 42.5 Å². The molecule has 0 bridgehead atoms. The van der Waals surface area contributed by atoms with Crippen LogP contribution in [0.15, 0.2) is 66.7 Å². The van der Waals surface area contributed by atoms with Gasteiger partial charge in [-0.1, -0.05) is 48.0 Å². The van der Waals surface area contributed by atoms with Crippen molar-refractivity contribution in [2.75, 3.05) is 26.7 Å². The SMILES string of the molecule is Cc1cc(OC[C@]2(CC(=O)N(C)Cc3ccccc3)CCCN(Cc3cc(F)ccc3C)C2)ccc1Cl. The van der Waals surface area contributed by atoms with E-state index in [9.17, 15) is 9.18 Å². The summed E-state index contributed by atoms with van der Waals surface area (Å²) in [5, 5.41) is 0.703. The second-order valence-corrected chi connectivity index (χ2v) is 10.9. The lowest BCUT2D eigenvalue weighted by Gasteiger charge is -2.43. The molecule has 1 amide bonds. The predicted octanol–water partition coefficient (Wildman–Crippen LogP) is 6.81. The Morgan fingerprint density at radius 2 is 1.86 bits per heavy atom. The Hall–Kier alpha value is -2.89. The lowest BCUT2D eigenvalue weighted by molar-refractivity contribution is -0.135. The van der Waals surface area contributed by atoms with Gasteiger partial charge in [0.05, 0.1) is 6.61 Å². The molecule has 0 saturated carbocycles. The fraction of sp³-hybridized carbons (Fsp3) is 0.387. The zero-order valence-corrected chi connectivity index (χ0v) is 22.7. The van der Waals surface area contributed by atoms with Gasteiger partial charge in [0, 0.05) is 43.5 Å². The first-order valence-corrected chi connectivity index (χ1v) is 13.3. The van der Waals surface area contributed by atoms with Crippen LogP contribution in [0, 0.1) is 25.1 Å². The van der Waals surface area contributed by atoms with Crippen LogP contribution in [0.3, 0.4) is 0 Å². The van der Waals surface area contributed by atoms with Gasteiger partial charge in [-0.2, -0.15) is 0 Å². The molecule has 1 atom stereocenters. The summed E-state index contributed by atoms with van der Waals surface area (Å²) in [6, 6.07) is 20.7. The molecule has 4 nitrogen and oxygen atoms in total. The van der Waals surface area contributed by atoms with Crippen molar-refractivity contribution in [3.63, 3.8) is 0 Å². The number of amides is 1. The van der Waals surface area contributed by atoms with Crippen LogP contribution in [0.4, 0.5) is 4.39 Å². The van der Waals surface area contributed by atoms with Gasteiger partial charge in [0.15, 0.2) is 0 Å². The summed E-state index contributed by atoms with van der Waals surface area (Å²) in [6.07, 6.45) is 2.23. The normalized spacial score (nSPS) is 18.0. The average molecular weight is 523 g/mol. The number of rotatable bonds is 9. The van der Waals surface area contributed by atoms with Gasteiger partial charge in [-0.3, -0.25) is 9.69 Å². The molecule has 0 aromatic heterocycles. The molecule has 6 heteroatoms. The van der Waals surface area contributed by atoms with E-state index < -0.39 is 0 Å². The fourth-order valence-electron chi connectivity index (χ4n) is 5.15. The van der Waals surface area contributed by atoms with Gasteiger partial charge < -0.3 is 9.64 Å². The molecule has 0 radical (unpaired) electrons. The van der Waals surface area contributed by atoms with E-state index in [4.69, 9.17) is 16.3 Å². The molecule has 0 spiro atoms. The monoisotopic (exact) mass is 522 g/mol. The summed E-state index contributed by atoms with van der Waals surface area (Å²) < 4.78 is 20.3. The predicted molar refractivity (Wildman–Crippen MR) is 147 cm³/mol. The molecule has 37 heavy (non-hydrogen) atoms. The van der Waals surface area contributed by atoms with Crippen molar-refractivity contribution in [1.82, 2.24) is 9.80 Å². The van der Waals surface area contributed by atoms with E-state index in [0.29, 0.717) is 37.7 Å². The van der Waals surface area contributed by atoms with Crippen molar-refractivity contribution in [1.29, 1.82) is 0 Å². The quantitative estimate of drug-likeness (QED) is 0.309. The van der Waals surface area contributed by atoms with Crippen LogP contribution in [-0.2, 0) is 17.9 Å². The summed E-state index contributed by atoms with van der Waals surface area (Å²) >= 11 is 6.21. The topological polar surface area (TPSA) is 32.8 Å². The fourth-order valence-corrected chi connectivity index (χ4v) is 5.27. The van der Waals surface area contributed by atoms with Crippen LogP contribution in [0.2, 0.25) is 5.02 Å². The van der Waals surface area contributed by atoms with E-state index in [1.807, 2.05) is 75.5 Å². The van der Waals surface area contributed by atoms with Gasteiger partial charge in [-0.15, -0.1) is 0 Å². The van der Waals surface area contributed by atoms with Crippen LogP contribution in [0.1, 0.15) is 41.5 Å². The Labute approximate surface area is 225 Å². The maximum Gasteiger partial charge on any atom is 0.223 e. The molecule has 3 aromatic carbocycles. The molecule has 0 aliphatic carbocycles. The van der Waals surface area contributed by atoms with Gasteiger partial charge in [0.1, 0.15) is 11.6 Å². The van der Waals surface area contributed by atoms with Gasteiger partial charge in [0.25, 0.3) is 0 Å². The Bertz CT molecular complexity index is 1220. The molecular weight excluding hydrogens is 487 g/mol. The Kier molecular flexibility index (Phi) is 8.88. The third-order valence-corrected chi connectivity index (χ3v) is 7.76. The summed E-state index contributed by atoms with van der Waals surface area (Å²) in [4.78, 5) is 17.6. The van der Waals surface area contributed by atoms with E-state index in [0.717, 1.165) is 47.4 Å². The third kappa shape index (κ3) is 7.33. The van der Waals surface area contributed by atoms with Crippen molar-refractivity contribution in [2.45, 2.75) is 46.2 Å². The molecule has 1 aliphatic heterocycles. The third-order valence-electron chi connectivity index (χ3n) is 7.33. The largest absolute Gasteiger partial charge is 0.493 e. The zero-order valence-electron chi connectivity index (χ0n) is 22.0. The Balaban J connectivity index is 1.52. The molecule has 196 valence electrons. The number of nitrogens with zero attached hydrogens (tertiary/aromatic N) is 2. The first kappa shape index (κ1) is 27.2. The second-order valence-electron chi connectivity index (χ2n) is 10.5. The standard InChI is InChI=1S/C31H36ClFN2O2/c1-23-10-11-27(33)17-26(23)20-35-15-7-14-31(21-35,22-37-28-12-13-29(32)24(2)16-28)18-30(36)34(3)19-25-8-5-4-6-9-25/h4-6,8-13,16-17H,7,14-15,18-22H2,1-3H3/t31-/m0/s1. The number of carbonyl (C=O) groups excluding carboxylic acids is 1. The first-order valence-electron chi connectivity index (χ1n) is 12.9. The van der Waals surface area contributed by atoms with Crippen LogP contribution >= 0.6 is 11.6 Å². The number of piperidine rings is 1. The average Bonchev–Trinajstić information content (AvgIpc) is 2.88. The number of benzene rings is 3. The smallest absolute Gasteiger partial charge is 0.223 e. The van der Waals surface area contributed by atoms with E-state index in [2.05, 4.69) is 4.90 Å². The van der Waals surface area contributed by atoms with Crippen molar-refractivity contribution in [2.24, 2.45) is 5.41 Å². The van der Waals surface area contributed by atoms with Gasteiger partial charge in [0.2, 0.25) is 5.91 Å². The molecule has 1 aliphatic rings. The highest BCUT2D eigenvalue weighted by Gasteiger charge is 2.39. The lowest BCUT2D eigenvalue weighted by atomic mass is 9.77. The van der Waals surface area contributed by atoms with Crippen molar-refractivity contribution >= 4 is 17.5 Å². The number of halogens is 2. The minimum absolute atomic E-state index is 0.100. The summed E-state index contributed by atoms with van der Waals surface area (Å²) in [6.45, 7) is 7.24. The van der Waals surface area contributed by atoms with E-state index in [-0.39, 0.29) is 17.1 Å². The maximum absolute atomic E-state index is 14.0.